The molecule has 0 aliphatic carbocycles. The molecular weight excluding hydrogens is 230 g/mol. The molecule has 0 atom stereocenters. The van der Waals surface area contributed by atoms with E-state index < -0.39 is 5.97 Å². The molecular formula is C14H15NO3. The zero-order valence-electron chi connectivity index (χ0n) is 10.4. The standard InChI is InChI=1S/C14H15NO3/c1-8(2)9-3-4-10-5-11(7-13(16)17)15-14(18)12(10)6-9/h3-6,8H,7H2,1-2H3,(H,15,18)(H,16,17). The van der Waals surface area contributed by atoms with Gasteiger partial charge in [-0.3, -0.25) is 9.59 Å². The van der Waals surface area contributed by atoms with E-state index in [-0.39, 0.29) is 12.0 Å². The van der Waals surface area contributed by atoms with Crippen LogP contribution >= 0.6 is 0 Å². The molecule has 0 amide bonds. The monoisotopic (exact) mass is 245 g/mol. The van der Waals surface area contributed by atoms with Crippen molar-refractivity contribution in [3.8, 4) is 0 Å². The third-order valence-electron chi connectivity index (χ3n) is 2.93. The van der Waals surface area contributed by atoms with E-state index >= 15 is 0 Å². The number of H-pyrrole nitrogens is 1. The summed E-state index contributed by atoms with van der Waals surface area (Å²) in [5.41, 5.74) is 1.29. The SMILES string of the molecule is CC(C)c1ccc2cc(CC(=O)O)[nH]c(=O)c2c1. The van der Waals surface area contributed by atoms with Crippen LogP contribution in [0, 0.1) is 0 Å². The summed E-state index contributed by atoms with van der Waals surface area (Å²) < 4.78 is 0. The van der Waals surface area contributed by atoms with Gasteiger partial charge in [0.05, 0.1) is 6.42 Å². The number of carboxylic acid groups (broad SMARTS) is 1. The average molecular weight is 245 g/mol. The minimum atomic E-state index is -0.955. The summed E-state index contributed by atoms with van der Waals surface area (Å²) in [5, 5.41) is 10.1. The second kappa shape index (κ2) is 4.64. The Morgan fingerprint density at radius 1 is 1.33 bits per heavy atom. The molecule has 0 bridgehead atoms. The number of carboxylic acids is 1. The molecule has 4 heteroatoms. The van der Waals surface area contributed by atoms with Crippen LogP contribution in [-0.2, 0) is 11.2 Å². The Balaban J connectivity index is 2.58. The normalized spacial score (nSPS) is 11.1. The fourth-order valence-corrected chi connectivity index (χ4v) is 1.95. The number of aliphatic carboxylic acids is 1. The van der Waals surface area contributed by atoms with E-state index in [1.54, 1.807) is 6.07 Å². The lowest BCUT2D eigenvalue weighted by Crippen LogP contribution is -2.12. The summed E-state index contributed by atoms with van der Waals surface area (Å²) in [6.07, 6.45) is -0.170. The first-order valence-corrected chi connectivity index (χ1v) is 5.85. The minimum Gasteiger partial charge on any atom is -0.481 e. The van der Waals surface area contributed by atoms with E-state index in [1.807, 2.05) is 18.2 Å². The van der Waals surface area contributed by atoms with E-state index in [2.05, 4.69) is 18.8 Å². The first-order valence-electron chi connectivity index (χ1n) is 5.85. The van der Waals surface area contributed by atoms with Gasteiger partial charge in [0.2, 0.25) is 0 Å². The number of rotatable bonds is 3. The van der Waals surface area contributed by atoms with Gasteiger partial charge in [0.15, 0.2) is 0 Å². The molecule has 0 saturated carbocycles. The van der Waals surface area contributed by atoms with Crippen molar-refractivity contribution >= 4 is 16.7 Å². The molecule has 4 nitrogen and oxygen atoms in total. The van der Waals surface area contributed by atoms with Crippen LogP contribution in [0.15, 0.2) is 29.1 Å². The Labute approximate surface area is 104 Å². The highest BCUT2D eigenvalue weighted by Crippen LogP contribution is 2.19. The van der Waals surface area contributed by atoms with Crippen molar-refractivity contribution < 1.29 is 9.90 Å². The van der Waals surface area contributed by atoms with Crippen molar-refractivity contribution in [2.24, 2.45) is 0 Å². The van der Waals surface area contributed by atoms with Gasteiger partial charge < -0.3 is 10.1 Å². The molecule has 2 aromatic rings. The molecule has 1 heterocycles. The summed E-state index contributed by atoms with van der Waals surface area (Å²) in [5.74, 6) is -0.601. The molecule has 0 radical (unpaired) electrons. The van der Waals surface area contributed by atoms with Gasteiger partial charge in [0.1, 0.15) is 0 Å². The lowest BCUT2D eigenvalue weighted by atomic mass is 10.00. The molecule has 18 heavy (non-hydrogen) atoms. The molecule has 0 aliphatic rings. The maximum Gasteiger partial charge on any atom is 0.309 e. The van der Waals surface area contributed by atoms with Gasteiger partial charge in [0, 0.05) is 11.1 Å². The van der Waals surface area contributed by atoms with Crippen molar-refractivity contribution in [1.82, 2.24) is 4.98 Å². The Morgan fingerprint density at radius 2 is 2.06 bits per heavy atom. The van der Waals surface area contributed by atoms with Gasteiger partial charge >= 0.3 is 5.97 Å². The largest absolute Gasteiger partial charge is 0.481 e. The number of hydrogen-bond donors (Lipinski definition) is 2. The van der Waals surface area contributed by atoms with Crippen LogP contribution in [0.5, 0.6) is 0 Å². The number of benzene rings is 1. The van der Waals surface area contributed by atoms with E-state index in [9.17, 15) is 9.59 Å². The minimum absolute atomic E-state index is 0.170. The first kappa shape index (κ1) is 12.4. The number of nitrogens with one attached hydrogen (secondary N) is 1. The molecule has 0 saturated heterocycles. The van der Waals surface area contributed by atoms with Gasteiger partial charge in [-0.2, -0.15) is 0 Å². The zero-order chi connectivity index (χ0) is 13.3. The molecule has 94 valence electrons. The van der Waals surface area contributed by atoms with Crippen LogP contribution < -0.4 is 5.56 Å². The second-order valence-electron chi connectivity index (χ2n) is 4.70. The van der Waals surface area contributed by atoms with E-state index in [0.717, 1.165) is 10.9 Å². The molecule has 0 unspecified atom stereocenters. The van der Waals surface area contributed by atoms with E-state index in [4.69, 9.17) is 5.11 Å². The fourth-order valence-electron chi connectivity index (χ4n) is 1.95. The summed E-state index contributed by atoms with van der Waals surface area (Å²) in [7, 11) is 0. The quantitative estimate of drug-likeness (QED) is 0.871. The van der Waals surface area contributed by atoms with Crippen LogP contribution in [0.4, 0.5) is 0 Å². The predicted molar refractivity (Wildman–Crippen MR) is 70.0 cm³/mol. The molecule has 1 aromatic carbocycles. The van der Waals surface area contributed by atoms with Crippen LogP contribution in [0.2, 0.25) is 0 Å². The number of pyridine rings is 1. The highest BCUT2D eigenvalue weighted by atomic mass is 16.4. The Kier molecular flexibility index (Phi) is 3.19. The zero-order valence-corrected chi connectivity index (χ0v) is 10.4. The molecule has 2 rings (SSSR count). The van der Waals surface area contributed by atoms with Crippen molar-refractivity contribution in [3.63, 3.8) is 0 Å². The van der Waals surface area contributed by atoms with Crippen molar-refractivity contribution in [2.75, 3.05) is 0 Å². The molecule has 0 aliphatic heterocycles. The van der Waals surface area contributed by atoms with Gasteiger partial charge in [-0.05, 0) is 29.0 Å². The molecule has 0 spiro atoms. The Morgan fingerprint density at radius 3 is 2.67 bits per heavy atom. The summed E-state index contributed by atoms with van der Waals surface area (Å²) in [4.78, 5) is 25.2. The fraction of sp³-hybridized carbons (Fsp3) is 0.286. The predicted octanol–water partition coefficient (Wildman–Crippen LogP) is 2.28. The lowest BCUT2D eigenvalue weighted by molar-refractivity contribution is -0.136. The Bertz CT molecular complexity index is 656. The number of aromatic amines is 1. The summed E-state index contributed by atoms with van der Waals surface area (Å²) in [6.45, 7) is 4.13. The lowest BCUT2D eigenvalue weighted by Gasteiger charge is -2.07. The number of carbonyl (C=O) groups is 1. The van der Waals surface area contributed by atoms with Gasteiger partial charge in [-0.1, -0.05) is 26.0 Å². The topological polar surface area (TPSA) is 70.2 Å². The third kappa shape index (κ3) is 2.42. The number of fused-ring (bicyclic) bond motifs is 1. The maximum absolute atomic E-state index is 11.9. The third-order valence-corrected chi connectivity index (χ3v) is 2.93. The second-order valence-corrected chi connectivity index (χ2v) is 4.70. The van der Waals surface area contributed by atoms with Crippen molar-refractivity contribution in [2.45, 2.75) is 26.2 Å². The first-order chi connectivity index (χ1) is 8.47. The Hall–Kier alpha value is -2.10. The van der Waals surface area contributed by atoms with E-state index in [1.165, 1.54) is 0 Å². The van der Waals surface area contributed by atoms with Crippen LogP contribution in [0.1, 0.15) is 31.0 Å². The van der Waals surface area contributed by atoms with Crippen LogP contribution in [0.3, 0.4) is 0 Å². The molecule has 1 aromatic heterocycles. The summed E-state index contributed by atoms with van der Waals surface area (Å²) >= 11 is 0. The smallest absolute Gasteiger partial charge is 0.309 e. The highest BCUT2D eigenvalue weighted by Gasteiger charge is 2.07. The van der Waals surface area contributed by atoms with Crippen LogP contribution in [0.25, 0.3) is 10.8 Å². The van der Waals surface area contributed by atoms with Crippen LogP contribution in [-0.4, -0.2) is 16.1 Å². The molecule has 0 fully saturated rings. The van der Waals surface area contributed by atoms with Gasteiger partial charge in [-0.15, -0.1) is 0 Å². The van der Waals surface area contributed by atoms with Crippen molar-refractivity contribution in [1.29, 1.82) is 0 Å². The average Bonchev–Trinajstić information content (AvgIpc) is 2.27. The van der Waals surface area contributed by atoms with Crippen molar-refractivity contribution in [3.05, 3.63) is 45.9 Å². The molecule has 2 N–H and O–H groups in total. The number of aromatic nitrogens is 1. The summed E-state index contributed by atoms with van der Waals surface area (Å²) in [6, 6.07) is 7.42. The van der Waals surface area contributed by atoms with Gasteiger partial charge in [0.25, 0.3) is 5.56 Å². The van der Waals surface area contributed by atoms with Gasteiger partial charge in [-0.25, -0.2) is 0 Å². The maximum atomic E-state index is 11.9. The highest BCUT2D eigenvalue weighted by molar-refractivity contribution is 5.83. The van der Waals surface area contributed by atoms with E-state index in [0.29, 0.717) is 17.0 Å². The number of hydrogen-bond acceptors (Lipinski definition) is 2.